The van der Waals surface area contributed by atoms with Gasteiger partial charge >= 0.3 is 0 Å². The van der Waals surface area contributed by atoms with Crippen molar-refractivity contribution in [2.75, 3.05) is 5.32 Å². The number of para-hydroxylation sites is 1. The summed E-state index contributed by atoms with van der Waals surface area (Å²) in [6, 6.07) is 7.42. The first-order valence-electron chi connectivity index (χ1n) is 7.06. The van der Waals surface area contributed by atoms with Crippen molar-refractivity contribution in [2.24, 2.45) is 0 Å². The number of fused-ring (bicyclic) bond motifs is 1. The van der Waals surface area contributed by atoms with E-state index in [1.807, 2.05) is 24.3 Å². The fourth-order valence-electron chi connectivity index (χ4n) is 3.08. The molecule has 1 heterocycles. The van der Waals surface area contributed by atoms with Crippen LogP contribution in [0.1, 0.15) is 44.1 Å². The molecular weight excluding hydrogens is 238 g/mol. The van der Waals surface area contributed by atoms with Crippen molar-refractivity contribution < 1.29 is 9.90 Å². The van der Waals surface area contributed by atoms with Crippen LogP contribution in [0.4, 0.5) is 5.69 Å². The van der Waals surface area contributed by atoms with Crippen molar-refractivity contribution >= 4 is 11.6 Å². The molecule has 1 unspecified atom stereocenters. The van der Waals surface area contributed by atoms with Gasteiger partial charge in [-0.15, -0.1) is 0 Å². The number of benzene rings is 1. The first kappa shape index (κ1) is 12.4. The number of rotatable bonds is 1. The minimum atomic E-state index is -1.45. The van der Waals surface area contributed by atoms with Gasteiger partial charge in [-0.05, 0) is 37.3 Å². The molecule has 1 aliphatic carbocycles. The van der Waals surface area contributed by atoms with Crippen LogP contribution in [0, 0.1) is 0 Å². The van der Waals surface area contributed by atoms with Crippen LogP contribution in [0.5, 0.6) is 0 Å². The van der Waals surface area contributed by atoms with Crippen LogP contribution < -0.4 is 5.32 Å². The van der Waals surface area contributed by atoms with Crippen LogP contribution in [0.2, 0.25) is 0 Å². The molecule has 19 heavy (non-hydrogen) atoms. The van der Waals surface area contributed by atoms with Crippen molar-refractivity contribution in [1.29, 1.82) is 0 Å². The van der Waals surface area contributed by atoms with E-state index in [0.717, 1.165) is 36.9 Å². The molecule has 1 aromatic rings. The molecule has 1 amide bonds. The summed E-state index contributed by atoms with van der Waals surface area (Å²) in [5.74, 6) is -0.305. The molecule has 3 rings (SSSR count). The zero-order valence-corrected chi connectivity index (χ0v) is 11.0. The molecule has 0 bridgehead atoms. The van der Waals surface area contributed by atoms with Gasteiger partial charge in [-0.1, -0.05) is 37.1 Å². The number of hydrogen-bond donors (Lipinski definition) is 2. The van der Waals surface area contributed by atoms with Gasteiger partial charge in [-0.3, -0.25) is 4.79 Å². The summed E-state index contributed by atoms with van der Waals surface area (Å²) in [6.45, 7) is 0. The van der Waals surface area contributed by atoms with Crippen molar-refractivity contribution in [3.8, 4) is 0 Å². The molecule has 1 atom stereocenters. The van der Waals surface area contributed by atoms with Crippen LogP contribution in [0.25, 0.3) is 0 Å². The second-order valence-corrected chi connectivity index (χ2v) is 5.39. The molecule has 0 saturated carbocycles. The zero-order valence-electron chi connectivity index (χ0n) is 11.0. The molecule has 2 N–H and O–H groups in total. The molecule has 1 aromatic carbocycles. The van der Waals surface area contributed by atoms with Gasteiger partial charge in [0.05, 0.1) is 0 Å². The van der Waals surface area contributed by atoms with Crippen LogP contribution in [-0.2, 0) is 10.4 Å². The van der Waals surface area contributed by atoms with Crippen molar-refractivity contribution in [3.63, 3.8) is 0 Å². The first-order valence-corrected chi connectivity index (χ1v) is 7.06. The molecule has 100 valence electrons. The largest absolute Gasteiger partial charge is 0.372 e. The fraction of sp³-hybridized carbons (Fsp3) is 0.438. The second-order valence-electron chi connectivity index (χ2n) is 5.39. The number of amides is 1. The smallest absolute Gasteiger partial charge is 0.265 e. The van der Waals surface area contributed by atoms with E-state index >= 15 is 0 Å². The van der Waals surface area contributed by atoms with E-state index in [4.69, 9.17) is 0 Å². The maximum Gasteiger partial charge on any atom is 0.265 e. The van der Waals surface area contributed by atoms with E-state index in [-0.39, 0.29) is 5.91 Å². The highest BCUT2D eigenvalue weighted by molar-refractivity contribution is 6.07. The third-order valence-electron chi connectivity index (χ3n) is 4.15. The lowest BCUT2D eigenvalue weighted by Crippen LogP contribution is -2.36. The number of nitrogens with one attached hydrogen (secondary N) is 1. The molecule has 0 aromatic heterocycles. The Kier molecular flexibility index (Phi) is 3.15. The highest BCUT2D eigenvalue weighted by Gasteiger charge is 2.47. The SMILES string of the molecule is O=C1Nc2ccccc2C1(O)/C1=C/CCCCCC1. The number of hydrogen-bond acceptors (Lipinski definition) is 2. The van der Waals surface area contributed by atoms with E-state index in [1.54, 1.807) is 0 Å². The number of anilines is 1. The summed E-state index contributed by atoms with van der Waals surface area (Å²) in [6.07, 6.45) is 8.43. The standard InChI is InChI=1S/C16H19NO2/c18-15-16(19,12-8-4-2-1-3-5-9-12)13-10-6-7-11-14(13)17-15/h6-8,10-11,19H,1-5,9H2,(H,17,18)/b12-8+. The Morgan fingerprint density at radius 1 is 1.11 bits per heavy atom. The number of allylic oxidation sites excluding steroid dienone is 1. The van der Waals surface area contributed by atoms with E-state index in [2.05, 4.69) is 11.4 Å². The minimum absolute atomic E-state index is 0.305. The third kappa shape index (κ3) is 1.98. The predicted molar refractivity (Wildman–Crippen MR) is 74.8 cm³/mol. The molecule has 0 fully saturated rings. The van der Waals surface area contributed by atoms with E-state index in [9.17, 15) is 9.90 Å². The van der Waals surface area contributed by atoms with Gasteiger partial charge in [-0.25, -0.2) is 0 Å². The summed E-state index contributed by atoms with van der Waals surface area (Å²) in [5.41, 5.74) is 0.855. The Balaban J connectivity index is 2.04. The number of carbonyl (C=O) groups excluding carboxylic acids is 1. The van der Waals surface area contributed by atoms with E-state index in [0.29, 0.717) is 5.56 Å². The monoisotopic (exact) mass is 257 g/mol. The van der Waals surface area contributed by atoms with Gasteiger partial charge in [0, 0.05) is 11.3 Å². The van der Waals surface area contributed by atoms with Crippen LogP contribution in [0.15, 0.2) is 35.9 Å². The predicted octanol–water partition coefficient (Wildman–Crippen LogP) is 3.11. The fourth-order valence-corrected chi connectivity index (χ4v) is 3.08. The Bertz CT molecular complexity index is 535. The lowest BCUT2D eigenvalue weighted by Gasteiger charge is -2.26. The molecule has 0 radical (unpaired) electrons. The minimum Gasteiger partial charge on any atom is -0.372 e. The number of aliphatic hydroxyl groups is 1. The van der Waals surface area contributed by atoms with Crippen LogP contribution in [0.3, 0.4) is 0 Å². The summed E-state index contributed by atoms with van der Waals surface area (Å²) >= 11 is 0. The average Bonchev–Trinajstić information content (AvgIpc) is 2.62. The first-order chi connectivity index (χ1) is 9.23. The van der Waals surface area contributed by atoms with Crippen molar-refractivity contribution in [2.45, 2.75) is 44.1 Å². The molecule has 1 aliphatic heterocycles. The normalized spacial score (nSPS) is 29.7. The van der Waals surface area contributed by atoms with Gasteiger partial charge < -0.3 is 10.4 Å². The Morgan fingerprint density at radius 3 is 2.79 bits per heavy atom. The molecule has 2 aliphatic rings. The second kappa shape index (κ2) is 4.82. The maximum absolute atomic E-state index is 12.2. The highest BCUT2D eigenvalue weighted by atomic mass is 16.3. The highest BCUT2D eigenvalue weighted by Crippen LogP contribution is 2.43. The molecular formula is C16H19NO2. The zero-order chi connectivity index (χ0) is 13.3. The number of carbonyl (C=O) groups is 1. The van der Waals surface area contributed by atoms with Gasteiger partial charge in [0.15, 0.2) is 5.60 Å². The molecule has 0 saturated heterocycles. The Morgan fingerprint density at radius 2 is 1.89 bits per heavy atom. The molecule has 3 heteroatoms. The van der Waals surface area contributed by atoms with Gasteiger partial charge in [-0.2, -0.15) is 0 Å². The Labute approximate surface area is 113 Å². The van der Waals surface area contributed by atoms with Crippen LogP contribution >= 0.6 is 0 Å². The van der Waals surface area contributed by atoms with E-state index < -0.39 is 5.60 Å². The molecule has 3 nitrogen and oxygen atoms in total. The van der Waals surface area contributed by atoms with Gasteiger partial charge in [0.2, 0.25) is 0 Å². The summed E-state index contributed by atoms with van der Waals surface area (Å²) in [5, 5.41) is 13.8. The van der Waals surface area contributed by atoms with Gasteiger partial charge in [0.1, 0.15) is 0 Å². The van der Waals surface area contributed by atoms with Gasteiger partial charge in [0.25, 0.3) is 5.91 Å². The lowest BCUT2D eigenvalue weighted by atomic mass is 9.82. The third-order valence-corrected chi connectivity index (χ3v) is 4.15. The topological polar surface area (TPSA) is 49.3 Å². The van der Waals surface area contributed by atoms with Crippen LogP contribution in [-0.4, -0.2) is 11.0 Å². The molecule has 0 spiro atoms. The summed E-state index contributed by atoms with van der Waals surface area (Å²) in [4.78, 5) is 12.2. The Hall–Kier alpha value is -1.61. The lowest BCUT2D eigenvalue weighted by molar-refractivity contribution is -0.130. The van der Waals surface area contributed by atoms with Crippen molar-refractivity contribution in [1.82, 2.24) is 0 Å². The van der Waals surface area contributed by atoms with Crippen molar-refractivity contribution in [3.05, 3.63) is 41.5 Å². The van der Waals surface area contributed by atoms with E-state index in [1.165, 1.54) is 12.8 Å². The average molecular weight is 257 g/mol. The quantitative estimate of drug-likeness (QED) is 0.759. The summed E-state index contributed by atoms with van der Waals surface area (Å²) < 4.78 is 0. The maximum atomic E-state index is 12.2. The summed E-state index contributed by atoms with van der Waals surface area (Å²) in [7, 11) is 0.